The average Bonchev–Trinajstić information content (AvgIpc) is 2.22. The standard InChI is InChI=1S/C16H23ClN2O2/c1-15(2)7-11(8-16(3,4)9-15)18-13-6-10(14(20)21)5-12(17)19-13/h5-6,11H,7-9H2,1-4H3,(H,18,19)(H,20,21). The quantitative estimate of drug-likeness (QED) is 0.810. The van der Waals surface area contributed by atoms with Crippen LogP contribution in [-0.2, 0) is 0 Å². The van der Waals surface area contributed by atoms with Gasteiger partial charge in [0.05, 0.1) is 5.56 Å². The topological polar surface area (TPSA) is 62.2 Å². The first-order chi connectivity index (χ1) is 9.56. The van der Waals surface area contributed by atoms with Crippen molar-refractivity contribution in [3.8, 4) is 0 Å². The van der Waals surface area contributed by atoms with Gasteiger partial charge in [-0.3, -0.25) is 0 Å². The highest BCUT2D eigenvalue weighted by molar-refractivity contribution is 6.29. The van der Waals surface area contributed by atoms with Crippen molar-refractivity contribution in [2.45, 2.75) is 53.0 Å². The van der Waals surface area contributed by atoms with Crippen molar-refractivity contribution in [1.82, 2.24) is 4.98 Å². The molecule has 4 nitrogen and oxygen atoms in total. The number of carboxylic acid groups (broad SMARTS) is 1. The van der Waals surface area contributed by atoms with Gasteiger partial charge < -0.3 is 10.4 Å². The van der Waals surface area contributed by atoms with E-state index in [1.807, 2.05) is 0 Å². The van der Waals surface area contributed by atoms with Crippen LogP contribution in [0, 0.1) is 10.8 Å². The number of hydrogen-bond donors (Lipinski definition) is 2. The number of hydrogen-bond acceptors (Lipinski definition) is 3. The maximum atomic E-state index is 11.1. The molecule has 0 unspecified atom stereocenters. The molecule has 1 aliphatic carbocycles. The second-order valence-corrected chi connectivity index (χ2v) is 8.01. The predicted octanol–water partition coefficient (Wildman–Crippen LogP) is 4.45. The minimum atomic E-state index is -0.994. The van der Waals surface area contributed by atoms with Crippen molar-refractivity contribution in [1.29, 1.82) is 0 Å². The molecular weight excluding hydrogens is 288 g/mol. The third-order valence-electron chi connectivity index (χ3n) is 3.95. The second kappa shape index (κ2) is 5.48. The Hall–Kier alpha value is -1.29. The van der Waals surface area contributed by atoms with Gasteiger partial charge in [0.2, 0.25) is 0 Å². The molecule has 1 aromatic heterocycles. The number of aromatic carboxylic acids is 1. The summed E-state index contributed by atoms with van der Waals surface area (Å²) in [5.74, 6) is -0.454. The third kappa shape index (κ3) is 4.34. The van der Waals surface area contributed by atoms with E-state index in [1.165, 1.54) is 12.5 Å². The Morgan fingerprint density at radius 1 is 1.29 bits per heavy atom. The monoisotopic (exact) mass is 310 g/mol. The van der Waals surface area contributed by atoms with Crippen LogP contribution in [0.25, 0.3) is 0 Å². The third-order valence-corrected chi connectivity index (χ3v) is 4.14. The van der Waals surface area contributed by atoms with Gasteiger partial charge in [-0.05, 0) is 42.2 Å². The van der Waals surface area contributed by atoms with Crippen LogP contribution in [0.3, 0.4) is 0 Å². The number of anilines is 1. The first kappa shape index (κ1) is 16.1. The van der Waals surface area contributed by atoms with Gasteiger partial charge in [-0.15, -0.1) is 0 Å². The van der Waals surface area contributed by atoms with E-state index in [1.54, 1.807) is 6.07 Å². The fourth-order valence-corrected chi connectivity index (χ4v) is 4.06. The summed E-state index contributed by atoms with van der Waals surface area (Å²) in [6.45, 7) is 9.10. The van der Waals surface area contributed by atoms with Crippen LogP contribution in [0.1, 0.15) is 57.3 Å². The summed E-state index contributed by atoms with van der Waals surface area (Å²) in [4.78, 5) is 15.3. The summed E-state index contributed by atoms with van der Waals surface area (Å²) >= 11 is 5.91. The number of carboxylic acids is 1. The summed E-state index contributed by atoms with van der Waals surface area (Å²) in [5.41, 5.74) is 0.674. The fraction of sp³-hybridized carbons (Fsp3) is 0.625. The van der Waals surface area contributed by atoms with Crippen LogP contribution in [-0.4, -0.2) is 22.1 Å². The molecule has 0 bridgehead atoms. The lowest BCUT2D eigenvalue weighted by atomic mass is 9.63. The van der Waals surface area contributed by atoms with E-state index in [-0.39, 0.29) is 27.6 Å². The molecule has 1 saturated carbocycles. The highest BCUT2D eigenvalue weighted by Gasteiger charge is 2.38. The van der Waals surface area contributed by atoms with Crippen molar-refractivity contribution in [2.75, 3.05) is 5.32 Å². The minimum Gasteiger partial charge on any atom is -0.478 e. The number of aromatic nitrogens is 1. The molecule has 1 aliphatic rings. The number of nitrogens with one attached hydrogen (secondary N) is 1. The van der Waals surface area contributed by atoms with E-state index in [2.05, 4.69) is 38.0 Å². The van der Waals surface area contributed by atoms with E-state index in [0.717, 1.165) is 12.8 Å². The van der Waals surface area contributed by atoms with Gasteiger partial charge in [0.15, 0.2) is 0 Å². The zero-order valence-corrected chi connectivity index (χ0v) is 13.8. The molecule has 2 rings (SSSR count). The Labute approximate surface area is 130 Å². The van der Waals surface area contributed by atoms with Gasteiger partial charge in [0, 0.05) is 6.04 Å². The van der Waals surface area contributed by atoms with Crippen molar-refractivity contribution < 1.29 is 9.90 Å². The zero-order valence-electron chi connectivity index (χ0n) is 13.0. The SMILES string of the molecule is CC1(C)CC(Nc2cc(C(=O)O)cc(Cl)n2)CC(C)(C)C1. The van der Waals surface area contributed by atoms with Crippen molar-refractivity contribution in [3.63, 3.8) is 0 Å². The van der Waals surface area contributed by atoms with Crippen LogP contribution < -0.4 is 5.32 Å². The van der Waals surface area contributed by atoms with Gasteiger partial charge in [-0.1, -0.05) is 39.3 Å². The Bertz CT molecular complexity index is 539. The molecule has 0 saturated heterocycles. The summed E-state index contributed by atoms with van der Waals surface area (Å²) in [7, 11) is 0. The van der Waals surface area contributed by atoms with Gasteiger partial charge in [0.1, 0.15) is 11.0 Å². The lowest BCUT2D eigenvalue weighted by molar-refractivity contribution is 0.0696. The van der Waals surface area contributed by atoms with Crippen LogP contribution in [0.15, 0.2) is 12.1 Å². The molecule has 5 heteroatoms. The second-order valence-electron chi connectivity index (χ2n) is 7.62. The van der Waals surface area contributed by atoms with E-state index in [0.29, 0.717) is 5.82 Å². The molecule has 21 heavy (non-hydrogen) atoms. The van der Waals surface area contributed by atoms with Gasteiger partial charge in [-0.2, -0.15) is 0 Å². The maximum Gasteiger partial charge on any atom is 0.335 e. The molecule has 0 aromatic carbocycles. The normalized spacial score (nSPS) is 21.0. The number of pyridine rings is 1. The lowest BCUT2D eigenvalue weighted by Gasteiger charge is -2.45. The largest absolute Gasteiger partial charge is 0.478 e. The Morgan fingerprint density at radius 2 is 1.86 bits per heavy atom. The number of halogens is 1. The summed E-state index contributed by atoms with van der Waals surface area (Å²) in [6.07, 6.45) is 3.25. The van der Waals surface area contributed by atoms with Gasteiger partial charge >= 0.3 is 5.97 Å². The highest BCUT2D eigenvalue weighted by atomic mass is 35.5. The molecule has 1 heterocycles. The Morgan fingerprint density at radius 3 is 2.38 bits per heavy atom. The first-order valence-corrected chi connectivity index (χ1v) is 7.62. The zero-order chi connectivity index (χ0) is 15.8. The van der Waals surface area contributed by atoms with Crippen LogP contribution >= 0.6 is 11.6 Å². The van der Waals surface area contributed by atoms with Crippen LogP contribution in [0.2, 0.25) is 5.15 Å². The predicted molar refractivity (Wildman–Crippen MR) is 85.0 cm³/mol. The fourth-order valence-electron chi connectivity index (χ4n) is 3.85. The molecule has 0 aliphatic heterocycles. The van der Waals surface area contributed by atoms with Crippen molar-refractivity contribution in [3.05, 3.63) is 22.8 Å². The van der Waals surface area contributed by atoms with Crippen molar-refractivity contribution in [2.24, 2.45) is 10.8 Å². The molecule has 1 aromatic rings. The number of nitrogens with zero attached hydrogens (tertiary/aromatic N) is 1. The van der Waals surface area contributed by atoms with Crippen LogP contribution in [0.5, 0.6) is 0 Å². The van der Waals surface area contributed by atoms with E-state index in [9.17, 15) is 4.79 Å². The number of rotatable bonds is 3. The Balaban J connectivity index is 2.19. The molecule has 0 amide bonds. The minimum absolute atomic E-state index is 0.159. The van der Waals surface area contributed by atoms with Gasteiger partial charge in [-0.25, -0.2) is 9.78 Å². The Kier molecular flexibility index (Phi) is 4.20. The van der Waals surface area contributed by atoms with E-state index >= 15 is 0 Å². The average molecular weight is 311 g/mol. The number of carbonyl (C=O) groups is 1. The first-order valence-electron chi connectivity index (χ1n) is 7.24. The van der Waals surface area contributed by atoms with Gasteiger partial charge in [0.25, 0.3) is 0 Å². The molecule has 1 fully saturated rings. The molecule has 0 spiro atoms. The smallest absolute Gasteiger partial charge is 0.335 e. The highest BCUT2D eigenvalue weighted by Crippen LogP contribution is 2.46. The molecule has 116 valence electrons. The molecule has 2 N–H and O–H groups in total. The van der Waals surface area contributed by atoms with E-state index in [4.69, 9.17) is 16.7 Å². The van der Waals surface area contributed by atoms with E-state index < -0.39 is 5.97 Å². The molecular formula is C16H23ClN2O2. The summed E-state index contributed by atoms with van der Waals surface area (Å²) in [5, 5.41) is 12.7. The lowest BCUT2D eigenvalue weighted by Crippen LogP contribution is -2.40. The summed E-state index contributed by atoms with van der Waals surface area (Å²) in [6, 6.07) is 3.18. The maximum absolute atomic E-state index is 11.1. The molecule has 0 radical (unpaired) electrons. The molecule has 0 atom stereocenters. The van der Waals surface area contributed by atoms with Crippen molar-refractivity contribution >= 4 is 23.4 Å². The summed E-state index contributed by atoms with van der Waals surface area (Å²) < 4.78 is 0. The van der Waals surface area contributed by atoms with Crippen LogP contribution in [0.4, 0.5) is 5.82 Å².